The van der Waals surface area contributed by atoms with Gasteiger partial charge in [0, 0.05) is 30.1 Å². The van der Waals surface area contributed by atoms with Crippen molar-refractivity contribution in [1.29, 1.82) is 0 Å². The zero-order valence-electron chi connectivity index (χ0n) is 17.2. The van der Waals surface area contributed by atoms with Crippen LogP contribution >= 0.6 is 11.6 Å². The molecule has 11 heteroatoms. The highest BCUT2D eigenvalue weighted by Gasteiger charge is 2.21. The maximum atomic E-state index is 13.5. The summed E-state index contributed by atoms with van der Waals surface area (Å²) in [7, 11) is 0. The zero-order valence-corrected chi connectivity index (χ0v) is 18.0. The molecule has 0 bridgehead atoms. The van der Waals surface area contributed by atoms with Crippen molar-refractivity contribution >= 4 is 45.7 Å². The van der Waals surface area contributed by atoms with Crippen LogP contribution in [0.2, 0.25) is 5.02 Å². The topological polar surface area (TPSA) is 109 Å². The van der Waals surface area contributed by atoms with Crippen LogP contribution < -0.4 is 26.2 Å². The molecule has 0 aliphatic carbocycles. The number of carbonyl (C=O) groups is 1. The molecular formula is C21H22ClFN6O3. The van der Waals surface area contributed by atoms with Crippen molar-refractivity contribution < 1.29 is 18.7 Å². The first kappa shape index (κ1) is 22.0. The van der Waals surface area contributed by atoms with Gasteiger partial charge in [-0.05, 0) is 24.3 Å². The lowest BCUT2D eigenvalue weighted by Gasteiger charge is -2.18. The molecule has 1 saturated heterocycles. The molecule has 2 aromatic carbocycles. The van der Waals surface area contributed by atoms with Gasteiger partial charge in [-0.3, -0.25) is 5.43 Å². The van der Waals surface area contributed by atoms with Gasteiger partial charge < -0.3 is 20.1 Å². The van der Waals surface area contributed by atoms with Gasteiger partial charge in [0.05, 0.1) is 29.4 Å². The SMILES string of the molecule is CCNNC(=O)Nc1cc2c(Nc3ccc(F)c(Cl)c3)ncnc2cc1O[C@H]1CCOC1. The highest BCUT2D eigenvalue weighted by atomic mass is 35.5. The number of carbonyl (C=O) groups excluding carboxylic acids is 1. The molecule has 9 nitrogen and oxygen atoms in total. The van der Waals surface area contributed by atoms with E-state index in [1.54, 1.807) is 18.2 Å². The predicted octanol–water partition coefficient (Wildman–Crippen LogP) is 3.98. The number of nitrogens with one attached hydrogen (secondary N) is 4. The molecule has 1 atom stereocenters. The highest BCUT2D eigenvalue weighted by molar-refractivity contribution is 6.31. The number of nitrogens with zero attached hydrogens (tertiary/aromatic N) is 2. The molecule has 2 amide bonds. The van der Waals surface area contributed by atoms with Crippen molar-refractivity contribution in [3.63, 3.8) is 0 Å². The van der Waals surface area contributed by atoms with Crippen molar-refractivity contribution in [1.82, 2.24) is 20.8 Å². The molecule has 1 aliphatic rings. The molecule has 0 saturated carbocycles. The van der Waals surface area contributed by atoms with E-state index in [0.717, 1.165) is 6.42 Å². The first-order valence-corrected chi connectivity index (χ1v) is 10.5. The number of urea groups is 1. The summed E-state index contributed by atoms with van der Waals surface area (Å²) >= 11 is 5.89. The van der Waals surface area contributed by atoms with Gasteiger partial charge in [0.2, 0.25) is 0 Å². The number of hydrogen-bond donors (Lipinski definition) is 4. The minimum atomic E-state index is -0.513. The molecular weight excluding hydrogens is 439 g/mol. The van der Waals surface area contributed by atoms with Crippen molar-refractivity contribution in [2.75, 3.05) is 30.4 Å². The Balaban J connectivity index is 1.70. The van der Waals surface area contributed by atoms with Gasteiger partial charge in [-0.1, -0.05) is 18.5 Å². The van der Waals surface area contributed by atoms with Crippen molar-refractivity contribution in [2.45, 2.75) is 19.4 Å². The summed E-state index contributed by atoms with van der Waals surface area (Å²) in [6.07, 6.45) is 2.04. The van der Waals surface area contributed by atoms with Crippen LogP contribution in [0.15, 0.2) is 36.7 Å². The zero-order chi connectivity index (χ0) is 22.5. The number of anilines is 3. The van der Waals surface area contributed by atoms with E-state index in [1.807, 2.05) is 6.92 Å². The highest BCUT2D eigenvalue weighted by Crippen LogP contribution is 2.35. The second kappa shape index (κ2) is 9.94. The fourth-order valence-electron chi connectivity index (χ4n) is 3.20. The van der Waals surface area contributed by atoms with Crippen LogP contribution in [0.5, 0.6) is 5.75 Å². The number of fused-ring (bicyclic) bond motifs is 1. The molecule has 1 aliphatic heterocycles. The molecule has 1 fully saturated rings. The first-order valence-electron chi connectivity index (χ1n) is 10.1. The number of hydrazine groups is 1. The molecule has 0 radical (unpaired) electrons. The van der Waals surface area contributed by atoms with E-state index in [4.69, 9.17) is 21.1 Å². The minimum absolute atomic E-state index is 0.00900. The number of benzene rings is 2. The fraction of sp³-hybridized carbons (Fsp3) is 0.286. The molecule has 32 heavy (non-hydrogen) atoms. The molecule has 2 heterocycles. The van der Waals surface area contributed by atoms with Gasteiger partial charge in [0.15, 0.2) is 0 Å². The predicted molar refractivity (Wildman–Crippen MR) is 120 cm³/mol. The van der Waals surface area contributed by atoms with Gasteiger partial charge in [-0.25, -0.2) is 24.6 Å². The van der Waals surface area contributed by atoms with Gasteiger partial charge in [0.25, 0.3) is 0 Å². The smallest absolute Gasteiger partial charge is 0.333 e. The molecule has 168 valence electrons. The molecule has 4 N–H and O–H groups in total. The summed E-state index contributed by atoms with van der Waals surface area (Å²) in [5, 5.41) is 6.52. The number of aromatic nitrogens is 2. The van der Waals surface area contributed by atoms with Crippen LogP contribution in [0.25, 0.3) is 10.9 Å². The lowest BCUT2D eigenvalue weighted by molar-refractivity contribution is 0.142. The maximum Gasteiger partial charge on any atom is 0.333 e. The van der Waals surface area contributed by atoms with Crippen LogP contribution in [-0.2, 0) is 4.74 Å². The second-order valence-corrected chi connectivity index (χ2v) is 7.46. The Morgan fingerprint density at radius 3 is 2.94 bits per heavy atom. The third kappa shape index (κ3) is 5.16. The average molecular weight is 461 g/mol. The number of halogens is 2. The lowest BCUT2D eigenvalue weighted by Crippen LogP contribution is -2.40. The molecule has 3 aromatic rings. The van der Waals surface area contributed by atoms with E-state index in [0.29, 0.717) is 53.6 Å². The van der Waals surface area contributed by atoms with Gasteiger partial charge >= 0.3 is 6.03 Å². The van der Waals surface area contributed by atoms with Crippen LogP contribution in [0.3, 0.4) is 0 Å². The standard InChI is InChI=1S/C21H22ClFN6O3/c1-2-26-29-21(30)28-18-8-14-17(9-19(18)32-13-5-6-31-10-13)24-11-25-20(14)27-12-3-4-16(23)15(22)7-12/h3-4,7-9,11,13,26H,2,5-6,10H2,1H3,(H,24,25,27)(H2,28,29,30)/t13-/m0/s1. The van der Waals surface area contributed by atoms with E-state index >= 15 is 0 Å². The summed E-state index contributed by atoms with van der Waals surface area (Å²) in [4.78, 5) is 20.9. The second-order valence-electron chi connectivity index (χ2n) is 7.05. The first-order chi connectivity index (χ1) is 15.5. The number of rotatable bonds is 7. The lowest BCUT2D eigenvalue weighted by atomic mass is 10.1. The average Bonchev–Trinajstić information content (AvgIpc) is 3.29. The molecule has 4 rings (SSSR count). The van der Waals surface area contributed by atoms with Crippen molar-refractivity contribution in [3.8, 4) is 5.75 Å². The van der Waals surface area contributed by atoms with E-state index in [2.05, 4.69) is 31.5 Å². The third-order valence-corrected chi connectivity index (χ3v) is 5.02. The van der Waals surface area contributed by atoms with Crippen LogP contribution in [0.1, 0.15) is 13.3 Å². The largest absolute Gasteiger partial charge is 0.486 e. The molecule has 0 spiro atoms. The Kier molecular flexibility index (Phi) is 6.84. The Morgan fingerprint density at radius 1 is 1.31 bits per heavy atom. The van der Waals surface area contributed by atoms with Crippen molar-refractivity contribution in [3.05, 3.63) is 47.5 Å². The summed E-state index contributed by atoms with van der Waals surface area (Å²) in [6.45, 7) is 3.53. The van der Waals surface area contributed by atoms with E-state index in [-0.39, 0.29) is 11.1 Å². The van der Waals surface area contributed by atoms with Crippen LogP contribution in [0.4, 0.5) is 26.4 Å². The maximum absolute atomic E-state index is 13.5. The Bertz CT molecular complexity index is 1130. The van der Waals surface area contributed by atoms with E-state index in [1.165, 1.54) is 18.5 Å². The Hall–Kier alpha value is -3.21. The normalized spacial score (nSPS) is 15.5. The van der Waals surface area contributed by atoms with Gasteiger partial charge in [-0.2, -0.15) is 0 Å². The minimum Gasteiger partial charge on any atom is -0.486 e. The van der Waals surface area contributed by atoms with Crippen LogP contribution in [-0.4, -0.2) is 41.9 Å². The summed E-state index contributed by atoms with van der Waals surface area (Å²) < 4.78 is 25.0. The number of hydrogen-bond acceptors (Lipinski definition) is 7. The fourth-order valence-corrected chi connectivity index (χ4v) is 3.38. The molecule has 0 unspecified atom stereocenters. The third-order valence-electron chi connectivity index (χ3n) is 4.73. The summed E-state index contributed by atoms with van der Waals surface area (Å²) in [5.74, 6) is 0.415. The van der Waals surface area contributed by atoms with Crippen molar-refractivity contribution in [2.24, 2.45) is 0 Å². The summed E-state index contributed by atoms with van der Waals surface area (Å²) in [5.41, 5.74) is 6.88. The molecule has 1 aromatic heterocycles. The Labute approximate surface area is 188 Å². The Morgan fingerprint density at radius 2 is 2.19 bits per heavy atom. The van der Waals surface area contributed by atoms with Gasteiger partial charge in [0.1, 0.15) is 29.8 Å². The van der Waals surface area contributed by atoms with E-state index < -0.39 is 11.8 Å². The van der Waals surface area contributed by atoms with E-state index in [9.17, 15) is 9.18 Å². The monoisotopic (exact) mass is 460 g/mol. The summed E-state index contributed by atoms with van der Waals surface area (Å²) in [6, 6.07) is 7.29. The van der Waals surface area contributed by atoms with Crippen LogP contribution in [0, 0.1) is 5.82 Å². The number of amides is 2. The number of ether oxygens (including phenoxy) is 2. The van der Waals surface area contributed by atoms with Gasteiger partial charge in [-0.15, -0.1) is 0 Å². The quantitative estimate of drug-likeness (QED) is 0.395.